The van der Waals surface area contributed by atoms with E-state index in [-0.39, 0.29) is 12.5 Å². The summed E-state index contributed by atoms with van der Waals surface area (Å²) < 4.78 is 10.8. The van der Waals surface area contributed by atoms with E-state index in [4.69, 9.17) is 9.47 Å². The van der Waals surface area contributed by atoms with E-state index in [9.17, 15) is 14.4 Å². The van der Waals surface area contributed by atoms with Crippen molar-refractivity contribution in [3.05, 3.63) is 76.0 Å². The fraction of sp³-hybridized carbons (Fsp3) is 0.174. The van der Waals surface area contributed by atoms with Crippen molar-refractivity contribution in [2.45, 2.75) is 13.8 Å². The van der Waals surface area contributed by atoms with Crippen LogP contribution in [0.3, 0.4) is 0 Å². The Bertz CT molecular complexity index is 1080. The zero-order chi connectivity index (χ0) is 22.2. The van der Waals surface area contributed by atoms with Crippen LogP contribution in [0.4, 0.5) is 5.69 Å². The maximum atomic E-state index is 12.2. The highest BCUT2D eigenvalue weighted by atomic mass is 32.1. The molecule has 1 aromatic heterocycles. The smallest absolute Gasteiger partial charge is 0.325 e. The molecule has 3 aromatic rings. The number of esters is 1. The molecule has 1 heterocycles. The van der Waals surface area contributed by atoms with Crippen molar-refractivity contribution in [3.8, 4) is 11.5 Å². The minimum atomic E-state index is -0.707. The number of carbonyl (C=O) groups is 3. The van der Waals surface area contributed by atoms with Crippen LogP contribution in [-0.4, -0.2) is 30.9 Å². The molecule has 31 heavy (non-hydrogen) atoms. The van der Waals surface area contributed by atoms with Crippen LogP contribution in [0.5, 0.6) is 11.5 Å². The summed E-state index contributed by atoms with van der Waals surface area (Å²) in [7, 11) is 0. The average Bonchev–Trinajstić information content (AvgIpc) is 3.20. The molecule has 0 aliphatic rings. The van der Waals surface area contributed by atoms with Crippen molar-refractivity contribution in [2.75, 3.05) is 18.5 Å². The number of hydrogen-bond donors (Lipinski definition) is 2. The molecule has 3 rings (SSSR count). The lowest BCUT2D eigenvalue weighted by atomic mass is 10.2. The number of amides is 2. The normalized spacial score (nSPS) is 10.3. The van der Waals surface area contributed by atoms with Crippen molar-refractivity contribution in [1.29, 1.82) is 0 Å². The molecule has 0 bridgehead atoms. The molecule has 0 saturated heterocycles. The third kappa shape index (κ3) is 6.68. The van der Waals surface area contributed by atoms with E-state index in [1.54, 1.807) is 30.3 Å². The molecule has 0 radical (unpaired) electrons. The largest absolute Gasteiger partial charge is 0.455 e. The molecule has 2 aromatic carbocycles. The van der Waals surface area contributed by atoms with E-state index in [0.717, 1.165) is 10.4 Å². The van der Waals surface area contributed by atoms with Gasteiger partial charge >= 0.3 is 5.97 Å². The Morgan fingerprint density at radius 3 is 2.39 bits per heavy atom. The molecule has 0 saturated carbocycles. The third-order valence-electron chi connectivity index (χ3n) is 4.13. The molecule has 8 heteroatoms. The van der Waals surface area contributed by atoms with Gasteiger partial charge in [0.05, 0.1) is 10.6 Å². The van der Waals surface area contributed by atoms with Crippen molar-refractivity contribution in [3.63, 3.8) is 0 Å². The summed E-state index contributed by atoms with van der Waals surface area (Å²) >= 11 is 1.33. The minimum Gasteiger partial charge on any atom is -0.455 e. The lowest BCUT2D eigenvalue weighted by Gasteiger charge is -2.12. The van der Waals surface area contributed by atoms with E-state index in [2.05, 4.69) is 10.6 Å². The molecule has 160 valence electrons. The van der Waals surface area contributed by atoms with Gasteiger partial charge < -0.3 is 20.1 Å². The van der Waals surface area contributed by atoms with Gasteiger partial charge in [0.2, 0.25) is 0 Å². The van der Waals surface area contributed by atoms with Gasteiger partial charge in [-0.05, 0) is 50.2 Å². The van der Waals surface area contributed by atoms with Crippen molar-refractivity contribution < 1.29 is 23.9 Å². The molecule has 2 amide bonds. The fourth-order valence-electron chi connectivity index (χ4n) is 2.57. The van der Waals surface area contributed by atoms with Gasteiger partial charge in [-0.2, -0.15) is 0 Å². The molecule has 0 spiro atoms. The van der Waals surface area contributed by atoms with Crippen LogP contribution in [0.25, 0.3) is 0 Å². The lowest BCUT2D eigenvalue weighted by Crippen LogP contribution is -2.31. The number of aryl methyl sites for hydroxylation is 2. The zero-order valence-corrected chi connectivity index (χ0v) is 18.0. The Morgan fingerprint density at radius 2 is 1.68 bits per heavy atom. The highest BCUT2D eigenvalue weighted by Crippen LogP contribution is 2.29. The number of para-hydroxylation sites is 2. The third-order valence-corrected chi connectivity index (χ3v) is 5.13. The molecule has 0 aliphatic heterocycles. The van der Waals surface area contributed by atoms with Crippen LogP contribution in [0.1, 0.15) is 20.1 Å². The van der Waals surface area contributed by atoms with Crippen LogP contribution in [0.2, 0.25) is 0 Å². The van der Waals surface area contributed by atoms with Crippen LogP contribution >= 0.6 is 11.3 Å². The van der Waals surface area contributed by atoms with E-state index in [0.29, 0.717) is 22.1 Å². The van der Waals surface area contributed by atoms with E-state index < -0.39 is 18.5 Å². The Labute approximate surface area is 184 Å². The molecule has 0 fully saturated rings. The van der Waals surface area contributed by atoms with Crippen molar-refractivity contribution in [2.24, 2.45) is 0 Å². The first-order valence-corrected chi connectivity index (χ1v) is 10.4. The van der Waals surface area contributed by atoms with Gasteiger partial charge in [-0.3, -0.25) is 14.4 Å². The van der Waals surface area contributed by atoms with Crippen molar-refractivity contribution in [1.82, 2.24) is 5.32 Å². The molecule has 7 nitrogen and oxygen atoms in total. The first-order chi connectivity index (χ1) is 14.9. The summed E-state index contributed by atoms with van der Waals surface area (Å²) in [5.41, 5.74) is 1.56. The van der Waals surface area contributed by atoms with Gasteiger partial charge in [0.15, 0.2) is 12.4 Å². The van der Waals surface area contributed by atoms with Crippen LogP contribution in [0.15, 0.2) is 60.7 Å². The lowest BCUT2D eigenvalue weighted by molar-refractivity contribution is -0.146. The monoisotopic (exact) mass is 438 g/mol. The van der Waals surface area contributed by atoms with Gasteiger partial charge in [-0.25, -0.2) is 0 Å². The quantitative estimate of drug-likeness (QED) is 0.517. The summed E-state index contributed by atoms with van der Waals surface area (Å²) in [6.07, 6.45) is 0. The van der Waals surface area contributed by atoms with E-state index in [1.807, 2.05) is 44.2 Å². The number of anilines is 1. The molecular weight excluding hydrogens is 416 g/mol. The summed E-state index contributed by atoms with van der Waals surface area (Å²) in [6.45, 7) is 3.06. The van der Waals surface area contributed by atoms with Gasteiger partial charge in [-0.1, -0.05) is 29.8 Å². The molecular formula is C23H22N2O5S. The Morgan fingerprint density at radius 1 is 0.935 bits per heavy atom. The van der Waals surface area contributed by atoms with Crippen LogP contribution in [-0.2, 0) is 14.3 Å². The second-order valence-electron chi connectivity index (χ2n) is 6.71. The maximum Gasteiger partial charge on any atom is 0.325 e. The second kappa shape index (κ2) is 10.4. The van der Waals surface area contributed by atoms with Crippen LogP contribution < -0.4 is 15.4 Å². The summed E-state index contributed by atoms with van der Waals surface area (Å²) in [4.78, 5) is 37.5. The van der Waals surface area contributed by atoms with Gasteiger partial charge in [0, 0.05) is 4.88 Å². The Balaban J connectivity index is 1.47. The topological polar surface area (TPSA) is 93.7 Å². The highest BCUT2D eigenvalue weighted by molar-refractivity contribution is 7.13. The number of rotatable bonds is 8. The zero-order valence-electron chi connectivity index (χ0n) is 17.1. The maximum absolute atomic E-state index is 12.2. The Hall–Kier alpha value is -3.65. The minimum absolute atomic E-state index is 0.323. The van der Waals surface area contributed by atoms with E-state index >= 15 is 0 Å². The van der Waals surface area contributed by atoms with Gasteiger partial charge in [0.1, 0.15) is 12.3 Å². The number of ether oxygens (including phenoxy) is 2. The molecule has 2 N–H and O–H groups in total. The fourth-order valence-corrected chi connectivity index (χ4v) is 3.36. The Kier molecular flexibility index (Phi) is 7.40. The average molecular weight is 439 g/mol. The van der Waals surface area contributed by atoms with E-state index in [1.165, 1.54) is 11.3 Å². The first-order valence-electron chi connectivity index (χ1n) is 9.54. The number of thiophene rings is 1. The predicted molar refractivity (Wildman–Crippen MR) is 119 cm³/mol. The summed E-state index contributed by atoms with van der Waals surface area (Å²) in [5, 5.41) is 5.14. The summed E-state index contributed by atoms with van der Waals surface area (Å²) in [5.74, 6) is -0.490. The highest BCUT2D eigenvalue weighted by Gasteiger charge is 2.13. The van der Waals surface area contributed by atoms with Gasteiger partial charge in [0.25, 0.3) is 11.8 Å². The summed E-state index contributed by atoms with van der Waals surface area (Å²) in [6, 6.07) is 18.0. The predicted octanol–water partition coefficient (Wildman–Crippen LogP) is 4.07. The molecule has 0 atom stereocenters. The number of carbonyl (C=O) groups excluding carboxylic acids is 3. The molecule has 0 aliphatic carbocycles. The first kappa shape index (κ1) is 22.0. The van der Waals surface area contributed by atoms with Crippen molar-refractivity contribution >= 4 is 34.8 Å². The number of nitrogens with one attached hydrogen (secondary N) is 2. The standard InChI is InChI=1S/C23H22N2O5S/c1-15-7-10-17(11-8-15)30-19-6-4-3-5-18(19)25-21(26)14-29-22(27)13-24-23(28)20-12-9-16(2)31-20/h3-12H,13-14H2,1-2H3,(H,24,28)(H,25,26). The second-order valence-corrected chi connectivity index (χ2v) is 8.00. The SMILES string of the molecule is Cc1ccc(Oc2ccccc2NC(=O)COC(=O)CNC(=O)c2ccc(C)s2)cc1. The van der Waals surface area contributed by atoms with Gasteiger partial charge in [-0.15, -0.1) is 11.3 Å². The van der Waals surface area contributed by atoms with Crippen LogP contribution in [0, 0.1) is 13.8 Å². The number of hydrogen-bond acceptors (Lipinski definition) is 6. The molecule has 0 unspecified atom stereocenters. The number of benzene rings is 2.